The minimum Gasteiger partial charge on any atom is -0.456 e. The first-order chi connectivity index (χ1) is 12.7. The summed E-state index contributed by atoms with van der Waals surface area (Å²) in [5, 5.41) is 3.74. The van der Waals surface area contributed by atoms with Gasteiger partial charge in [0.25, 0.3) is 15.9 Å². The Labute approximate surface area is 162 Å². The smallest absolute Gasteiger partial charge is 0.307 e. The summed E-state index contributed by atoms with van der Waals surface area (Å²) in [5.41, 5.74) is 1.00. The molecule has 0 saturated heterocycles. The first-order valence-corrected chi connectivity index (χ1v) is 10.5. The third kappa shape index (κ3) is 6.15. The van der Waals surface area contributed by atoms with Gasteiger partial charge in [-0.05, 0) is 29.3 Å². The van der Waals surface area contributed by atoms with E-state index < -0.39 is 16.0 Å². The number of nitrogens with zero attached hydrogens (tertiary/aromatic N) is 3. The van der Waals surface area contributed by atoms with Crippen LogP contribution in [0.25, 0.3) is 0 Å². The predicted octanol–water partition coefficient (Wildman–Crippen LogP) is 0.660. The molecule has 11 heteroatoms. The summed E-state index contributed by atoms with van der Waals surface area (Å²) < 4.78 is 33.0. The summed E-state index contributed by atoms with van der Waals surface area (Å²) in [7, 11) is -0.488. The minimum atomic E-state index is -3.80. The number of rotatable bonds is 9. The number of sulfonamides is 1. The summed E-state index contributed by atoms with van der Waals surface area (Å²) in [6, 6.07) is 1.91. The molecule has 0 aromatic carbocycles. The molecule has 148 valence electrons. The summed E-state index contributed by atoms with van der Waals surface area (Å²) in [6.07, 6.45) is 1.20. The Morgan fingerprint density at radius 1 is 1.41 bits per heavy atom. The second-order valence-corrected chi connectivity index (χ2v) is 8.42. The van der Waals surface area contributed by atoms with Crippen LogP contribution < -0.4 is 4.72 Å². The summed E-state index contributed by atoms with van der Waals surface area (Å²) >= 11 is 1.54. The Kier molecular flexibility index (Phi) is 7.11. The summed E-state index contributed by atoms with van der Waals surface area (Å²) in [4.78, 5) is 29.1. The van der Waals surface area contributed by atoms with Crippen molar-refractivity contribution >= 4 is 33.2 Å². The highest BCUT2D eigenvalue weighted by Gasteiger charge is 2.19. The molecule has 0 radical (unpaired) electrons. The Balaban J connectivity index is 1.72. The van der Waals surface area contributed by atoms with Gasteiger partial charge in [-0.3, -0.25) is 9.59 Å². The lowest BCUT2D eigenvalue weighted by molar-refractivity contribution is -0.151. The van der Waals surface area contributed by atoms with Gasteiger partial charge in [0.15, 0.2) is 11.6 Å². The van der Waals surface area contributed by atoms with Gasteiger partial charge in [0.2, 0.25) is 0 Å². The maximum Gasteiger partial charge on any atom is 0.307 e. The van der Waals surface area contributed by atoms with Crippen LogP contribution in [0, 0.1) is 6.92 Å². The van der Waals surface area contributed by atoms with Crippen molar-refractivity contribution in [2.24, 2.45) is 7.05 Å². The third-order valence-corrected chi connectivity index (χ3v) is 5.83. The second-order valence-electron chi connectivity index (χ2n) is 5.93. The highest BCUT2D eigenvalue weighted by molar-refractivity contribution is 7.89. The van der Waals surface area contributed by atoms with Gasteiger partial charge in [0, 0.05) is 33.4 Å². The zero-order valence-electron chi connectivity index (χ0n) is 15.3. The molecule has 2 aromatic heterocycles. The number of aryl methyl sites for hydroxylation is 2. The fraction of sp³-hybridized carbons (Fsp3) is 0.438. The van der Waals surface area contributed by atoms with Crippen LogP contribution in [-0.2, 0) is 37.9 Å². The molecule has 0 unspecified atom stereocenters. The molecule has 0 atom stereocenters. The van der Waals surface area contributed by atoms with Crippen LogP contribution in [0.5, 0.6) is 0 Å². The second kappa shape index (κ2) is 9.11. The number of imidazole rings is 1. The average molecular weight is 415 g/mol. The molecule has 1 amide bonds. The molecule has 0 spiro atoms. The van der Waals surface area contributed by atoms with E-state index in [9.17, 15) is 18.0 Å². The number of hydrogen-bond donors (Lipinski definition) is 1. The molecule has 0 aliphatic carbocycles. The first kappa shape index (κ1) is 21.1. The van der Waals surface area contributed by atoms with Gasteiger partial charge in [0.1, 0.15) is 5.82 Å². The van der Waals surface area contributed by atoms with E-state index in [0.717, 1.165) is 5.56 Å². The molecule has 9 nitrogen and oxygen atoms in total. The quantitative estimate of drug-likeness (QED) is 0.604. The van der Waals surface area contributed by atoms with Gasteiger partial charge >= 0.3 is 5.97 Å². The molecule has 1 N–H and O–H groups in total. The zero-order chi connectivity index (χ0) is 20.0. The Bertz CT molecular complexity index is 871. The highest BCUT2D eigenvalue weighted by Crippen LogP contribution is 2.09. The van der Waals surface area contributed by atoms with Gasteiger partial charge in [-0.2, -0.15) is 11.3 Å². The van der Waals surface area contributed by atoms with Gasteiger partial charge in [-0.25, -0.2) is 18.1 Å². The predicted molar refractivity (Wildman–Crippen MR) is 99.5 cm³/mol. The van der Waals surface area contributed by atoms with Gasteiger partial charge in [-0.15, -0.1) is 0 Å². The number of nitrogens with one attached hydrogen (secondary N) is 1. The van der Waals surface area contributed by atoms with Crippen molar-refractivity contribution < 1.29 is 22.7 Å². The molecule has 0 aliphatic rings. The molecule has 2 rings (SSSR count). The summed E-state index contributed by atoms with van der Waals surface area (Å²) in [5.74, 6) is -0.439. The standard InChI is InChI=1S/C16H22N4O5S2/c1-12-18-14(9-19(12)2)27(23,24)17-6-4-16(22)25-10-15(21)20(3)8-13-5-7-26-11-13/h5,7,9,11,17H,4,6,8,10H2,1-3H3. The van der Waals surface area contributed by atoms with Gasteiger partial charge in [-0.1, -0.05) is 0 Å². The van der Waals surface area contributed by atoms with E-state index in [1.54, 1.807) is 25.6 Å². The Hall–Kier alpha value is -2.24. The summed E-state index contributed by atoms with van der Waals surface area (Å²) in [6.45, 7) is 1.59. The Morgan fingerprint density at radius 3 is 2.74 bits per heavy atom. The fourth-order valence-corrected chi connectivity index (χ4v) is 3.81. The van der Waals surface area contributed by atoms with Crippen LogP contribution in [0.4, 0.5) is 0 Å². The first-order valence-electron chi connectivity index (χ1n) is 8.09. The molecule has 0 aliphatic heterocycles. The number of aromatic nitrogens is 2. The van der Waals surface area contributed by atoms with Crippen molar-refractivity contribution in [3.8, 4) is 0 Å². The lowest BCUT2D eigenvalue weighted by Crippen LogP contribution is -2.31. The van der Waals surface area contributed by atoms with Crippen LogP contribution in [0.15, 0.2) is 28.0 Å². The van der Waals surface area contributed by atoms with Crippen LogP contribution in [-0.4, -0.2) is 54.9 Å². The molecule has 0 bridgehead atoms. The topological polar surface area (TPSA) is 111 Å². The molecule has 0 fully saturated rings. The van der Waals surface area contributed by atoms with Crippen molar-refractivity contribution in [2.45, 2.75) is 24.9 Å². The molecule has 0 saturated carbocycles. The van der Waals surface area contributed by atoms with E-state index in [2.05, 4.69) is 9.71 Å². The minimum absolute atomic E-state index is 0.110. The van der Waals surface area contributed by atoms with E-state index in [1.807, 2.05) is 16.8 Å². The van der Waals surface area contributed by atoms with Crippen LogP contribution >= 0.6 is 11.3 Å². The number of hydrogen-bond acceptors (Lipinski definition) is 7. The lowest BCUT2D eigenvalue weighted by Gasteiger charge is -2.16. The van der Waals surface area contributed by atoms with E-state index in [1.165, 1.54) is 22.4 Å². The highest BCUT2D eigenvalue weighted by atomic mass is 32.2. The lowest BCUT2D eigenvalue weighted by atomic mass is 10.3. The molecule has 2 heterocycles. The normalized spacial score (nSPS) is 11.4. The van der Waals surface area contributed by atoms with Crippen molar-refractivity contribution in [1.82, 2.24) is 19.2 Å². The van der Waals surface area contributed by atoms with Gasteiger partial charge < -0.3 is 14.2 Å². The zero-order valence-corrected chi connectivity index (χ0v) is 17.0. The maximum absolute atomic E-state index is 12.1. The van der Waals surface area contributed by atoms with Crippen LogP contribution in [0.3, 0.4) is 0 Å². The SMILES string of the molecule is Cc1nc(S(=O)(=O)NCCC(=O)OCC(=O)N(C)Cc2ccsc2)cn1C. The molecular formula is C16H22N4O5S2. The number of ether oxygens (including phenoxy) is 1. The largest absolute Gasteiger partial charge is 0.456 e. The number of thiophene rings is 1. The maximum atomic E-state index is 12.1. The molecule has 2 aromatic rings. The number of carbonyl (C=O) groups excluding carboxylic acids is 2. The number of carbonyl (C=O) groups is 2. The van der Waals surface area contributed by atoms with Crippen molar-refractivity contribution in [2.75, 3.05) is 20.2 Å². The number of likely N-dealkylation sites (N-methyl/N-ethyl adjacent to an activating group) is 1. The Morgan fingerprint density at radius 2 is 2.15 bits per heavy atom. The molecule has 27 heavy (non-hydrogen) atoms. The van der Waals surface area contributed by atoms with Gasteiger partial charge in [0.05, 0.1) is 6.42 Å². The molecular weight excluding hydrogens is 392 g/mol. The van der Waals surface area contributed by atoms with E-state index >= 15 is 0 Å². The van der Waals surface area contributed by atoms with Crippen molar-refractivity contribution in [3.63, 3.8) is 0 Å². The van der Waals surface area contributed by atoms with Crippen LogP contribution in [0.2, 0.25) is 0 Å². The fourth-order valence-electron chi connectivity index (χ4n) is 2.09. The van der Waals surface area contributed by atoms with E-state index in [4.69, 9.17) is 4.74 Å². The van der Waals surface area contributed by atoms with E-state index in [0.29, 0.717) is 12.4 Å². The number of amides is 1. The van der Waals surface area contributed by atoms with Crippen LogP contribution in [0.1, 0.15) is 17.8 Å². The average Bonchev–Trinajstić information content (AvgIpc) is 3.23. The van der Waals surface area contributed by atoms with Crippen molar-refractivity contribution in [3.05, 3.63) is 34.4 Å². The monoisotopic (exact) mass is 414 g/mol. The van der Waals surface area contributed by atoms with E-state index in [-0.39, 0.29) is 30.5 Å². The number of esters is 1. The van der Waals surface area contributed by atoms with Crippen molar-refractivity contribution in [1.29, 1.82) is 0 Å². The third-order valence-electron chi connectivity index (χ3n) is 3.77.